The van der Waals surface area contributed by atoms with Crippen molar-refractivity contribution in [1.82, 2.24) is 0 Å². The second-order valence-corrected chi connectivity index (χ2v) is 8.28. The molecule has 0 aliphatic heterocycles. The van der Waals surface area contributed by atoms with E-state index in [-0.39, 0.29) is 6.42 Å². The quantitative estimate of drug-likeness (QED) is 0.667. The van der Waals surface area contributed by atoms with Crippen LogP contribution < -0.4 is 11.1 Å². The maximum Gasteiger partial charge on any atom is 0.310 e. The van der Waals surface area contributed by atoms with E-state index in [0.717, 1.165) is 36.1 Å². The van der Waals surface area contributed by atoms with E-state index in [0.29, 0.717) is 26.2 Å². The molecule has 1 aromatic carbocycles. The van der Waals surface area contributed by atoms with Crippen LogP contribution in [-0.4, -0.2) is 24.4 Å². The summed E-state index contributed by atoms with van der Waals surface area (Å²) < 4.78 is 5.01. The summed E-state index contributed by atoms with van der Waals surface area (Å²) in [6, 6.07) is 4.91. The number of carbonyl (C=O) groups excluding carboxylic acids is 3. The smallest absolute Gasteiger partial charge is 0.310 e. The van der Waals surface area contributed by atoms with Gasteiger partial charge in [0.2, 0.25) is 0 Å². The van der Waals surface area contributed by atoms with E-state index in [1.165, 1.54) is 11.3 Å². The van der Waals surface area contributed by atoms with Gasteiger partial charge in [-0.05, 0) is 43.4 Å². The number of rotatable bonds is 6. The lowest BCUT2D eigenvalue weighted by atomic mass is 9.95. The number of anilines is 1. The lowest BCUT2D eigenvalue weighted by Crippen LogP contribution is -2.23. The number of hydrogen-bond acceptors (Lipinski definition) is 5. The van der Waals surface area contributed by atoms with E-state index in [4.69, 9.17) is 33.7 Å². The van der Waals surface area contributed by atoms with Crippen molar-refractivity contribution in [2.24, 2.45) is 5.73 Å². The lowest BCUT2D eigenvalue weighted by molar-refractivity contribution is -0.146. The van der Waals surface area contributed by atoms with Crippen molar-refractivity contribution in [3.8, 4) is 0 Å². The Morgan fingerprint density at radius 2 is 1.82 bits per heavy atom. The van der Waals surface area contributed by atoms with Crippen LogP contribution in [0.2, 0.25) is 10.0 Å². The minimum Gasteiger partial charge on any atom is -0.455 e. The number of fused-ring (bicyclic) bond motifs is 1. The summed E-state index contributed by atoms with van der Waals surface area (Å²) in [7, 11) is 0. The van der Waals surface area contributed by atoms with Gasteiger partial charge in [0, 0.05) is 20.5 Å². The fourth-order valence-corrected chi connectivity index (χ4v) is 4.96. The second kappa shape index (κ2) is 8.94. The number of ether oxygens (including phenoxy) is 1. The monoisotopic (exact) mass is 440 g/mol. The number of halogens is 2. The Kier molecular flexibility index (Phi) is 6.59. The molecule has 3 N–H and O–H groups in total. The van der Waals surface area contributed by atoms with Gasteiger partial charge in [-0.15, -0.1) is 11.3 Å². The summed E-state index contributed by atoms with van der Waals surface area (Å²) in [5.74, 6) is -1.74. The second-order valence-electron chi connectivity index (χ2n) is 6.37. The molecule has 148 valence electrons. The average molecular weight is 441 g/mol. The molecule has 0 bridgehead atoms. The van der Waals surface area contributed by atoms with Crippen molar-refractivity contribution in [1.29, 1.82) is 0 Å². The van der Waals surface area contributed by atoms with Crippen molar-refractivity contribution in [2.45, 2.75) is 32.1 Å². The largest absolute Gasteiger partial charge is 0.455 e. The van der Waals surface area contributed by atoms with Gasteiger partial charge in [-0.1, -0.05) is 29.3 Å². The maximum atomic E-state index is 12.2. The third kappa shape index (κ3) is 4.66. The number of nitrogens with two attached hydrogens (primary N) is 1. The first-order valence-electron chi connectivity index (χ1n) is 8.69. The van der Waals surface area contributed by atoms with Crippen LogP contribution in [0, 0.1) is 0 Å². The Morgan fingerprint density at radius 3 is 2.50 bits per heavy atom. The average Bonchev–Trinajstić information content (AvgIpc) is 3.01. The highest BCUT2D eigenvalue weighted by Gasteiger charge is 2.25. The van der Waals surface area contributed by atoms with Crippen molar-refractivity contribution in [2.75, 3.05) is 11.9 Å². The Hall–Kier alpha value is -2.09. The number of aryl methyl sites for hydroxylation is 1. The van der Waals surface area contributed by atoms with E-state index in [2.05, 4.69) is 5.32 Å². The van der Waals surface area contributed by atoms with E-state index >= 15 is 0 Å². The highest BCUT2D eigenvalue weighted by Crippen LogP contribution is 2.37. The maximum absolute atomic E-state index is 12.2. The van der Waals surface area contributed by atoms with Gasteiger partial charge in [0.1, 0.15) is 5.00 Å². The number of benzene rings is 1. The molecule has 0 spiro atoms. The fraction of sp³-hybridized carbons (Fsp3) is 0.316. The van der Waals surface area contributed by atoms with Crippen LogP contribution in [0.3, 0.4) is 0 Å². The van der Waals surface area contributed by atoms with Crippen LogP contribution in [-0.2, 0) is 33.6 Å². The Morgan fingerprint density at radius 1 is 1.14 bits per heavy atom. The minimum absolute atomic E-state index is 0.147. The minimum atomic E-state index is -0.634. The lowest BCUT2D eigenvalue weighted by Gasteiger charge is -2.11. The topological polar surface area (TPSA) is 98.5 Å². The molecule has 0 atom stereocenters. The molecule has 3 rings (SSSR count). The molecule has 1 aliphatic rings. The van der Waals surface area contributed by atoms with Crippen LogP contribution in [0.5, 0.6) is 0 Å². The third-order valence-electron chi connectivity index (χ3n) is 4.42. The van der Waals surface area contributed by atoms with Crippen LogP contribution in [0.25, 0.3) is 0 Å². The third-order valence-corrected chi connectivity index (χ3v) is 6.33. The number of esters is 1. The van der Waals surface area contributed by atoms with E-state index in [9.17, 15) is 14.4 Å². The molecular formula is C19H18Cl2N2O4S. The summed E-state index contributed by atoms with van der Waals surface area (Å²) in [6.07, 6.45) is 3.52. The molecule has 0 fully saturated rings. The molecule has 9 heteroatoms. The first-order valence-corrected chi connectivity index (χ1v) is 10.3. The number of thiophene rings is 1. The number of nitrogens with one attached hydrogen (secondary N) is 1. The number of primary amides is 1. The molecular weight excluding hydrogens is 423 g/mol. The van der Waals surface area contributed by atoms with Crippen LogP contribution in [0.1, 0.15) is 39.2 Å². The molecule has 1 heterocycles. The zero-order valence-corrected chi connectivity index (χ0v) is 17.2. The first kappa shape index (κ1) is 20.6. The van der Waals surface area contributed by atoms with Crippen molar-refractivity contribution in [3.63, 3.8) is 0 Å². The Bertz CT molecular complexity index is 922. The van der Waals surface area contributed by atoms with E-state index in [1.54, 1.807) is 18.2 Å². The normalized spacial score (nSPS) is 12.9. The van der Waals surface area contributed by atoms with Gasteiger partial charge in [0.05, 0.1) is 12.0 Å². The standard InChI is InChI=1S/C19H18Cl2N2O4S/c20-12-5-3-6-13(21)11(12)8-16(25)27-9-15(24)23-19-17(18(22)26)10-4-1-2-7-14(10)28-19/h3,5-6H,1-2,4,7-9H2,(H2,22,26)(H,23,24). The Balaban J connectivity index is 1.61. The zero-order valence-electron chi connectivity index (χ0n) is 14.8. The van der Waals surface area contributed by atoms with Gasteiger partial charge in [0.25, 0.3) is 11.8 Å². The highest BCUT2D eigenvalue weighted by atomic mass is 35.5. The molecule has 2 amide bonds. The summed E-state index contributed by atoms with van der Waals surface area (Å²) in [4.78, 5) is 37.1. The molecule has 2 aromatic rings. The predicted molar refractivity (Wildman–Crippen MR) is 109 cm³/mol. The number of carbonyl (C=O) groups is 3. The van der Waals surface area contributed by atoms with Crippen molar-refractivity contribution >= 4 is 57.3 Å². The molecule has 6 nitrogen and oxygen atoms in total. The van der Waals surface area contributed by atoms with Crippen LogP contribution in [0.4, 0.5) is 5.00 Å². The van der Waals surface area contributed by atoms with Crippen LogP contribution in [0.15, 0.2) is 18.2 Å². The SMILES string of the molecule is NC(=O)c1c(NC(=O)COC(=O)Cc2c(Cl)cccc2Cl)sc2c1CCCC2. The summed E-state index contributed by atoms with van der Waals surface area (Å²) in [5, 5.41) is 3.75. The summed E-state index contributed by atoms with van der Waals surface area (Å²) in [5.41, 5.74) is 7.23. The van der Waals surface area contributed by atoms with Crippen LogP contribution >= 0.6 is 34.5 Å². The zero-order chi connectivity index (χ0) is 20.3. The van der Waals surface area contributed by atoms with Gasteiger partial charge in [-0.25, -0.2) is 0 Å². The van der Waals surface area contributed by atoms with Gasteiger partial charge in [-0.3, -0.25) is 14.4 Å². The van der Waals surface area contributed by atoms with Crippen molar-refractivity contribution < 1.29 is 19.1 Å². The molecule has 28 heavy (non-hydrogen) atoms. The van der Waals surface area contributed by atoms with Gasteiger partial charge in [-0.2, -0.15) is 0 Å². The van der Waals surface area contributed by atoms with Gasteiger partial charge >= 0.3 is 5.97 Å². The van der Waals surface area contributed by atoms with E-state index < -0.39 is 24.4 Å². The molecule has 0 saturated carbocycles. The fourth-order valence-electron chi connectivity index (χ4n) is 3.12. The van der Waals surface area contributed by atoms with Gasteiger partial charge in [0.15, 0.2) is 6.61 Å². The highest BCUT2D eigenvalue weighted by molar-refractivity contribution is 7.17. The molecule has 0 unspecified atom stereocenters. The number of amides is 2. The molecule has 1 aliphatic carbocycles. The Labute approximate surface area is 176 Å². The van der Waals surface area contributed by atoms with Gasteiger partial charge < -0.3 is 15.8 Å². The molecule has 1 aromatic heterocycles. The van der Waals surface area contributed by atoms with Crippen molar-refractivity contribution in [3.05, 3.63) is 49.8 Å². The summed E-state index contributed by atoms with van der Waals surface area (Å²) >= 11 is 13.4. The van der Waals surface area contributed by atoms with E-state index in [1.807, 2.05) is 0 Å². The number of hydrogen-bond donors (Lipinski definition) is 2. The molecule has 0 saturated heterocycles. The summed E-state index contributed by atoms with van der Waals surface area (Å²) in [6.45, 7) is -0.484. The first-order chi connectivity index (χ1) is 13.4. The molecule has 0 radical (unpaired) electrons. The predicted octanol–water partition coefficient (Wildman–Crippen LogP) is 3.76.